The van der Waals surface area contributed by atoms with Crippen LogP contribution in [0.2, 0.25) is 0 Å². The van der Waals surface area contributed by atoms with Crippen LogP contribution in [-0.2, 0) is 0 Å². The fourth-order valence-electron chi connectivity index (χ4n) is 0. The molecule has 11 heavy (non-hydrogen) atoms. The van der Waals surface area contributed by atoms with Crippen molar-refractivity contribution in [1.82, 2.24) is 0 Å². The molecule has 0 atom stereocenters. The second kappa shape index (κ2) is 23.3. The summed E-state index contributed by atoms with van der Waals surface area (Å²) in [6.45, 7) is 0. The normalized spacial score (nSPS) is 4.36. The number of rotatable bonds is 0. The molecule has 0 aliphatic rings. The molecule has 0 fully saturated rings. The fourth-order valence-corrected chi connectivity index (χ4v) is 0. The first-order valence-electron chi connectivity index (χ1n) is 1.22. The SMILES string of the molecule is O=C([O-])[O-].O=C([O-])[O-].[K+].[K+].[Sr+2]. The fraction of sp³-hybridized carbons (Fsp3) is 0. The first-order valence-corrected chi connectivity index (χ1v) is 1.22. The van der Waals surface area contributed by atoms with Crippen LogP contribution in [0.5, 0.6) is 0 Å². The average Bonchev–Trinajstić information content (AvgIpc) is 1.25. The van der Waals surface area contributed by atoms with E-state index >= 15 is 0 Å². The van der Waals surface area contributed by atoms with Crippen molar-refractivity contribution >= 4 is 57.8 Å². The van der Waals surface area contributed by atoms with Crippen LogP contribution < -0.4 is 123 Å². The zero-order valence-electron chi connectivity index (χ0n) is 6.16. The third-order valence-electron chi connectivity index (χ3n) is 0. The van der Waals surface area contributed by atoms with Crippen molar-refractivity contribution in [3.63, 3.8) is 0 Å². The van der Waals surface area contributed by atoms with Gasteiger partial charge in [-0.15, -0.1) is 0 Å². The van der Waals surface area contributed by atoms with E-state index < -0.39 is 12.3 Å². The Kier molecular flexibility index (Phi) is 61.8. The zero-order valence-corrected chi connectivity index (χ0v) is 15.9. The molecule has 0 spiro atoms. The number of carbonyl (C=O) groups excluding carboxylic acids is 2. The topological polar surface area (TPSA) is 126 Å². The molecule has 0 aromatic carbocycles. The first kappa shape index (κ1) is 29.2. The van der Waals surface area contributed by atoms with Crippen LogP contribution in [0, 0.1) is 0 Å². The molecule has 0 saturated carbocycles. The van der Waals surface area contributed by atoms with Crippen LogP contribution in [0.3, 0.4) is 0 Å². The number of carbonyl (C=O) groups is 2. The molecule has 0 amide bonds. The van der Waals surface area contributed by atoms with Crippen LogP contribution in [-0.4, -0.2) is 57.8 Å². The summed E-state index contributed by atoms with van der Waals surface area (Å²) in [5.74, 6) is 0. The van der Waals surface area contributed by atoms with Crippen molar-refractivity contribution in [3.8, 4) is 0 Å². The quantitative estimate of drug-likeness (QED) is 0.407. The zero-order chi connectivity index (χ0) is 7.15. The average molecular weight is 286 g/mol. The van der Waals surface area contributed by atoms with Gasteiger partial charge >= 0.3 is 148 Å². The summed E-state index contributed by atoms with van der Waals surface area (Å²) in [4.78, 5) is 16.7. The summed E-state index contributed by atoms with van der Waals surface area (Å²) in [6, 6.07) is 0. The molecule has 6 nitrogen and oxygen atoms in total. The minimum Gasteiger partial charge on any atom is -0.652 e. The first-order chi connectivity index (χ1) is 3.46. The van der Waals surface area contributed by atoms with Gasteiger partial charge in [0.15, 0.2) is 0 Å². The Balaban J connectivity index is -0.0000000171. The summed E-state index contributed by atoms with van der Waals surface area (Å²) in [7, 11) is 0. The minimum absolute atomic E-state index is 0. The second-order valence-corrected chi connectivity index (χ2v) is 0.500. The van der Waals surface area contributed by atoms with Crippen molar-refractivity contribution in [2.24, 2.45) is 0 Å². The van der Waals surface area contributed by atoms with E-state index in [2.05, 4.69) is 0 Å². The maximum atomic E-state index is 8.33. The Morgan fingerprint density at radius 1 is 0.727 bits per heavy atom. The van der Waals surface area contributed by atoms with E-state index in [4.69, 9.17) is 30.0 Å². The Hall–Kier alpha value is 3.29. The molecule has 9 heteroatoms. The van der Waals surface area contributed by atoms with Gasteiger partial charge in [0, 0.05) is 0 Å². The van der Waals surface area contributed by atoms with Crippen molar-refractivity contribution in [2.45, 2.75) is 0 Å². The van der Waals surface area contributed by atoms with Gasteiger partial charge in [0.1, 0.15) is 0 Å². The number of hydrogen-bond donors (Lipinski definition) is 0. The van der Waals surface area contributed by atoms with Gasteiger partial charge in [-0.05, 0) is 12.3 Å². The molecule has 0 N–H and O–H groups in total. The molecule has 0 aromatic rings. The maximum absolute atomic E-state index is 8.33. The summed E-state index contributed by atoms with van der Waals surface area (Å²) >= 11 is 0. The van der Waals surface area contributed by atoms with Crippen LogP contribution in [0.25, 0.3) is 0 Å². The molecular weight excluding hydrogens is 286 g/mol. The molecule has 0 unspecified atom stereocenters. The third-order valence-corrected chi connectivity index (χ3v) is 0. The second-order valence-electron chi connectivity index (χ2n) is 0.500. The van der Waals surface area contributed by atoms with Gasteiger partial charge in [0.25, 0.3) is 0 Å². The summed E-state index contributed by atoms with van der Waals surface area (Å²) < 4.78 is 0. The molecule has 0 heterocycles. The van der Waals surface area contributed by atoms with Crippen LogP contribution in [0.4, 0.5) is 9.59 Å². The van der Waals surface area contributed by atoms with E-state index in [-0.39, 0.29) is 148 Å². The standard InChI is InChI=1S/2CH2O3.2K.Sr/c2*2-1(3)4;;;/h2*(H2,2,3,4);;;/q;;2*+1;+2/p-4. The van der Waals surface area contributed by atoms with Gasteiger partial charge in [-0.2, -0.15) is 0 Å². The smallest absolute Gasteiger partial charge is 0.652 e. The van der Waals surface area contributed by atoms with Gasteiger partial charge in [-0.25, -0.2) is 0 Å². The Bertz CT molecular complexity index is 76.6. The molecular formula is C2K2O6Sr. The predicted molar refractivity (Wildman–Crippen MR) is 16.5 cm³/mol. The number of carboxylic acid groups (broad SMARTS) is 4. The molecule has 48 valence electrons. The maximum Gasteiger partial charge on any atom is 2.00 e. The van der Waals surface area contributed by atoms with Crippen LogP contribution >= 0.6 is 0 Å². The van der Waals surface area contributed by atoms with E-state index in [9.17, 15) is 0 Å². The van der Waals surface area contributed by atoms with E-state index in [1.807, 2.05) is 0 Å². The molecule has 0 bridgehead atoms. The van der Waals surface area contributed by atoms with Gasteiger partial charge in [0.2, 0.25) is 0 Å². The van der Waals surface area contributed by atoms with Gasteiger partial charge in [-0.3, -0.25) is 0 Å². The summed E-state index contributed by atoms with van der Waals surface area (Å²) in [6.07, 6.45) is -4.67. The molecule has 0 rings (SSSR count). The van der Waals surface area contributed by atoms with E-state index in [1.54, 1.807) is 0 Å². The molecule has 0 saturated heterocycles. The van der Waals surface area contributed by atoms with Gasteiger partial charge in [-0.1, -0.05) is 0 Å². The van der Waals surface area contributed by atoms with E-state index in [0.717, 1.165) is 0 Å². The van der Waals surface area contributed by atoms with Crippen molar-refractivity contribution in [1.29, 1.82) is 0 Å². The molecule has 0 aromatic heterocycles. The largest absolute Gasteiger partial charge is 2.00 e. The molecule has 0 aliphatic carbocycles. The Morgan fingerprint density at radius 2 is 0.727 bits per heavy atom. The predicted octanol–water partition coefficient (Wildman–Crippen LogP) is -11.3. The summed E-state index contributed by atoms with van der Waals surface area (Å²) in [5.41, 5.74) is 0. The van der Waals surface area contributed by atoms with Gasteiger partial charge in [0.05, 0.1) is 0 Å². The molecule has 0 aliphatic heterocycles. The molecule has 0 radical (unpaired) electrons. The Morgan fingerprint density at radius 3 is 0.727 bits per heavy atom. The number of hydrogen-bond acceptors (Lipinski definition) is 6. The van der Waals surface area contributed by atoms with Crippen LogP contribution in [0.15, 0.2) is 0 Å². The van der Waals surface area contributed by atoms with E-state index in [0.29, 0.717) is 0 Å². The minimum atomic E-state index is -2.33. The Labute approximate surface area is 185 Å². The van der Waals surface area contributed by atoms with Crippen LogP contribution in [0.1, 0.15) is 0 Å². The van der Waals surface area contributed by atoms with E-state index in [1.165, 1.54) is 0 Å². The third kappa shape index (κ3) is 156. The monoisotopic (exact) mass is 286 g/mol. The van der Waals surface area contributed by atoms with Gasteiger partial charge < -0.3 is 30.0 Å². The van der Waals surface area contributed by atoms with Crippen molar-refractivity contribution < 1.29 is 133 Å². The summed E-state index contributed by atoms with van der Waals surface area (Å²) in [5, 5.41) is 33.3. The van der Waals surface area contributed by atoms with Crippen molar-refractivity contribution in [2.75, 3.05) is 0 Å². The van der Waals surface area contributed by atoms with Crippen molar-refractivity contribution in [3.05, 3.63) is 0 Å².